The minimum atomic E-state index is -2.57. The number of Topliss-reactive ketones (excluding diaryl/α,β-unsaturated/α-hetero) is 1. The van der Waals surface area contributed by atoms with E-state index in [0.717, 1.165) is 23.7 Å². The Labute approximate surface area is 462 Å². The van der Waals surface area contributed by atoms with Gasteiger partial charge in [0.15, 0.2) is 28.2 Å². The maximum absolute atomic E-state index is 14.6. The van der Waals surface area contributed by atoms with E-state index in [4.69, 9.17) is 46.4 Å². The summed E-state index contributed by atoms with van der Waals surface area (Å²) in [5, 5.41) is 10.4. The number of methoxy groups -OCH3 is 1. The van der Waals surface area contributed by atoms with Gasteiger partial charge in [0.1, 0.15) is 18.0 Å². The van der Waals surface area contributed by atoms with Crippen molar-refractivity contribution >= 4 is 48.6 Å². The van der Waals surface area contributed by atoms with Crippen LogP contribution < -0.4 is 0 Å². The average Bonchev–Trinajstić information content (AvgIpc) is 3.29. The van der Waals surface area contributed by atoms with Crippen LogP contribution in [0.25, 0.3) is 0 Å². The fourth-order valence-corrected chi connectivity index (χ4v) is 23.1. The second kappa shape index (κ2) is 26.8. The Morgan fingerprint density at radius 3 is 1.70 bits per heavy atom. The third-order valence-electron chi connectivity index (χ3n) is 18.3. The molecule has 0 aromatic carbocycles. The molecule has 0 saturated carbocycles. The minimum absolute atomic E-state index is 0.0215. The quantitative estimate of drug-likeness (QED) is 0.0518. The summed E-state index contributed by atoms with van der Waals surface area (Å²) in [6.07, 6.45) is -0.627. The Kier molecular flexibility index (Phi) is 23.5. The van der Waals surface area contributed by atoms with E-state index in [1.807, 2.05) is 6.92 Å². The lowest BCUT2D eigenvalue weighted by Crippen LogP contribution is -2.61. The van der Waals surface area contributed by atoms with Gasteiger partial charge in [0.05, 0.1) is 61.2 Å². The van der Waals surface area contributed by atoms with Gasteiger partial charge in [0.25, 0.3) is 14.3 Å². The molecule has 1 N–H and O–H groups in total. The Balaban J connectivity index is 1.64. The molecule has 4 aliphatic rings. The van der Waals surface area contributed by atoms with E-state index in [0.29, 0.717) is 51.4 Å². The van der Waals surface area contributed by atoms with Crippen LogP contribution in [0.1, 0.15) is 188 Å². The number of rotatable bonds is 25. The zero-order valence-electron chi connectivity index (χ0n) is 51.0. The van der Waals surface area contributed by atoms with Crippen molar-refractivity contribution in [3.63, 3.8) is 0 Å². The fraction of sp³-hybridized carbons (Fsp3) is 0.897. The first-order valence-electron chi connectivity index (χ1n) is 29.1. The van der Waals surface area contributed by atoms with Crippen LogP contribution in [0.15, 0.2) is 12.2 Å². The van der Waals surface area contributed by atoms with E-state index >= 15 is 0 Å². The normalized spacial score (nSPS) is 31.1. The van der Waals surface area contributed by atoms with E-state index in [-0.39, 0.29) is 71.5 Å². The Bertz CT molecular complexity index is 1920. The zero-order valence-corrected chi connectivity index (χ0v) is 54.0. The van der Waals surface area contributed by atoms with Crippen LogP contribution >= 0.6 is 0 Å². The molecule has 15 nitrogen and oxygen atoms in total. The van der Waals surface area contributed by atoms with E-state index in [1.54, 1.807) is 14.0 Å². The van der Waals surface area contributed by atoms with Crippen molar-refractivity contribution in [2.24, 2.45) is 11.8 Å². The molecule has 0 aromatic rings. The molecule has 76 heavy (non-hydrogen) atoms. The smallest absolute Gasteiger partial charge is 0.302 e. The molecule has 4 saturated heterocycles. The molecule has 0 unspecified atom stereocenters. The van der Waals surface area contributed by atoms with Crippen molar-refractivity contribution in [2.75, 3.05) is 13.7 Å². The Hall–Kier alpha value is -1.85. The highest BCUT2D eigenvalue weighted by Gasteiger charge is 2.57. The van der Waals surface area contributed by atoms with E-state index < -0.39 is 103 Å². The summed E-state index contributed by atoms with van der Waals surface area (Å²) in [5.74, 6) is -5.08. The van der Waals surface area contributed by atoms with Crippen molar-refractivity contribution in [2.45, 2.75) is 307 Å². The van der Waals surface area contributed by atoms with Crippen molar-refractivity contribution in [1.29, 1.82) is 0 Å². The van der Waals surface area contributed by atoms with Gasteiger partial charge in [-0.1, -0.05) is 109 Å². The number of esters is 2. The summed E-state index contributed by atoms with van der Waals surface area (Å²) in [6.45, 7) is 43.5. The number of aliphatic hydroxyl groups is 1. The van der Waals surface area contributed by atoms with Gasteiger partial charge in [0.2, 0.25) is 0 Å². The molecule has 0 aromatic heterocycles. The molecule has 0 amide bonds. The predicted octanol–water partition coefficient (Wildman–Crippen LogP) is 12.4. The lowest BCUT2D eigenvalue weighted by atomic mass is 9.78. The molecular formula is C58H106O15Si3. The molecule has 18 heteroatoms. The van der Waals surface area contributed by atoms with Crippen molar-refractivity contribution in [3.8, 4) is 0 Å². The van der Waals surface area contributed by atoms with Gasteiger partial charge in [-0.15, -0.1) is 0 Å². The average molecular weight is 1130 g/mol. The third kappa shape index (κ3) is 16.6. The molecule has 0 aliphatic carbocycles. The van der Waals surface area contributed by atoms with E-state index in [2.05, 4.69) is 110 Å². The van der Waals surface area contributed by atoms with Crippen LogP contribution in [0.4, 0.5) is 0 Å². The summed E-state index contributed by atoms with van der Waals surface area (Å²) in [4.78, 5) is 54.4. The predicted molar refractivity (Wildman–Crippen MR) is 303 cm³/mol. The van der Waals surface area contributed by atoms with Gasteiger partial charge < -0.3 is 51.5 Å². The van der Waals surface area contributed by atoms with E-state index in [9.17, 15) is 24.3 Å². The number of hydrogen-bond acceptors (Lipinski definition) is 15. The van der Waals surface area contributed by atoms with Gasteiger partial charge in [-0.25, -0.2) is 0 Å². The fourth-order valence-electron chi connectivity index (χ4n) is 13.4. The standard InChI is InChI=1S/C58H106O15Si3/c1-22-75(23-2,24-3)73-56(18)31-49(69-58(36-56)33-48(65-43(13)60)27-46(68-58)30-53(63)72-76(37(4)5,38(6)7)39(8)9)25-40(10)41(11)54(66-44(14)61)42(12)52(62)29-45-26-47(64-19)32-57(67-45)34-50(28-51(35-59)70-57)71-74(20,21)55(15,16)17/h37-39,41-42,45-51,54,59H,10,22-36H2,1-9,11-21H3/t41-,42-,45+,46-,47+,48+,49+,50+,51-,54+,56+,57-,58-/m1/s1. The number of ketones is 1. The van der Waals surface area contributed by atoms with Gasteiger partial charge >= 0.3 is 11.9 Å². The van der Waals surface area contributed by atoms with Gasteiger partial charge in [-0.05, 0) is 66.2 Å². The van der Waals surface area contributed by atoms with Gasteiger partial charge in [0, 0.05) is 84.7 Å². The second-order valence-corrected chi connectivity index (χ2v) is 41.1. The van der Waals surface area contributed by atoms with Crippen LogP contribution in [0.3, 0.4) is 0 Å². The SMILES string of the molecule is C=C(C[C@H]1C[C@](C)(O[Si](CC)(CC)CC)C[C@@]2(C[C@@H](OC(C)=O)C[C@H](CC(=O)O[Si](C(C)C)(C(C)C)C(C)C)O2)O1)[C@@H](C)[C@H](OC(C)=O)[C@H](C)C(=O)C[C@@H]1C[C@H](OC)C[C@@]2(C[C@@H](O[Si](C)(C)C(C)(C)C)C[C@H](CO)O2)O1. The second-order valence-electron chi connectivity index (χ2n) is 26.2. The summed E-state index contributed by atoms with van der Waals surface area (Å²) >= 11 is 0. The lowest BCUT2D eigenvalue weighted by molar-refractivity contribution is -0.347. The van der Waals surface area contributed by atoms with Crippen LogP contribution in [-0.4, -0.2) is 133 Å². The molecular weight excluding hydrogens is 1020 g/mol. The number of aliphatic hydroxyl groups excluding tert-OH is 1. The number of carbonyl (C=O) groups excluding carboxylic acids is 4. The summed E-state index contributed by atoms with van der Waals surface area (Å²) in [6, 6.07) is 2.77. The molecule has 4 fully saturated rings. The van der Waals surface area contributed by atoms with E-state index in [1.165, 1.54) is 13.8 Å². The first-order chi connectivity index (χ1) is 35.1. The monoisotopic (exact) mass is 1130 g/mol. The van der Waals surface area contributed by atoms with Crippen LogP contribution in [-0.2, 0) is 65.6 Å². The highest BCUT2D eigenvalue weighted by Crippen LogP contribution is 2.51. The zero-order chi connectivity index (χ0) is 57.6. The summed E-state index contributed by atoms with van der Waals surface area (Å²) < 4.78 is 66.6. The van der Waals surface area contributed by atoms with Crippen LogP contribution in [0.2, 0.25) is 52.9 Å². The maximum Gasteiger partial charge on any atom is 0.302 e. The highest BCUT2D eigenvalue weighted by atomic mass is 28.4. The largest absolute Gasteiger partial charge is 0.518 e. The van der Waals surface area contributed by atoms with Crippen molar-refractivity contribution < 1.29 is 70.7 Å². The molecule has 440 valence electrons. The molecule has 4 aliphatic heterocycles. The number of ether oxygens (including phenoxy) is 7. The molecule has 13 atom stereocenters. The van der Waals surface area contributed by atoms with Crippen LogP contribution in [0.5, 0.6) is 0 Å². The van der Waals surface area contributed by atoms with Gasteiger partial charge in [-0.3, -0.25) is 19.2 Å². The Morgan fingerprint density at radius 1 is 0.684 bits per heavy atom. The van der Waals surface area contributed by atoms with Crippen molar-refractivity contribution in [3.05, 3.63) is 12.2 Å². The molecule has 2 spiro atoms. The molecule has 4 rings (SSSR count). The first-order valence-corrected chi connectivity index (χ1v) is 36.7. The maximum atomic E-state index is 14.6. The topological polar surface area (TPSA) is 181 Å². The minimum Gasteiger partial charge on any atom is -0.518 e. The third-order valence-corrected chi connectivity index (χ3v) is 33.6. The summed E-state index contributed by atoms with van der Waals surface area (Å²) in [7, 11) is -5.37. The highest BCUT2D eigenvalue weighted by molar-refractivity contribution is 6.79. The number of hydrogen-bond donors (Lipinski definition) is 1. The number of carbonyl (C=O) groups is 4. The summed E-state index contributed by atoms with van der Waals surface area (Å²) in [5.41, 5.74) is 0.578. The molecule has 4 heterocycles. The molecule has 0 radical (unpaired) electrons. The van der Waals surface area contributed by atoms with Crippen LogP contribution in [0, 0.1) is 11.8 Å². The lowest BCUT2D eigenvalue weighted by Gasteiger charge is -2.55. The first kappa shape index (κ1) is 66.7. The van der Waals surface area contributed by atoms with Crippen molar-refractivity contribution in [1.82, 2.24) is 0 Å². The molecule has 0 bridgehead atoms. The Morgan fingerprint density at radius 2 is 1.18 bits per heavy atom. The van der Waals surface area contributed by atoms with Gasteiger partial charge in [-0.2, -0.15) is 0 Å².